The summed E-state index contributed by atoms with van der Waals surface area (Å²) in [5.41, 5.74) is 0.338. The number of aryl methyl sites for hydroxylation is 1. The molecule has 0 spiro atoms. The summed E-state index contributed by atoms with van der Waals surface area (Å²) in [7, 11) is 0. The molecule has 0 amide bonds. The Bertz CT molecular complexity index is 735. The van der Waals surface area contributed by atoms with Gasteiger partial charge in [-0.25, -0.2) is 24.0 Å². The molecule has 30 heavy (non-hydrogen) atoms. The molecule has 0 aromatic heterocycles. The van der Waals surface area contributed by atoms with Crippen LogP contribution in [0, 0.1) is 0 Å². The number of carboxylic acids is 5. The average molecular weight is 424 g/mol. The van der Waals surface area contributed by atoms with Crippen molar-refractivity contribution in [2.75, 3.05) is 0 Å². The van der Waals surface area contributed by atoms with E-state index in [9.17, 15) is 24.0 Å². The molecular formula is C20H24O10. The van der Waals surface area contributed by atoms with E-state index in [2.05, 4.69) is 19.7 Å². The van der Waals surface area contributed by atoms with Crippen molar-refractivity contribution in [2.24, 2.45) is 0 Å². The van der Waals surface area contributed by atoms with Crippen LogP contribution in [0.25, 0.3) is 0 Å². The Balaban J connectivity index is -0.000000400. The topological polar surface area (TPSA) is 186 Å². The summed E-state index contributed by atoms with van der Waals surface area (Å²) in [5, 5.41) is 40.6. The van der Waals surface area contributed by atoms with Gasteiger partial charge in [-0.1, -0.05) is 45.2 Å². The maximum atomic E-state index is 11.0. The van der Waals surface area contributed by atoms with Crippen LogP contribution in [0.1, 0.15) is 39.6 Å². The molecule has 0 saturated heterocycles. The van der Waals surface area contributed by atoms with Crippen molar-refractivity contribution in [3.8, 4) is 0 Å². The molecule has 1 aromatic carbocycles. The zero-order valence-corrected chi connectivity index (χ0v) is 16.3. The minimum absolute atomic E-state index is 0.0909. The van der Waals surface area contributed by atoms with Crippen LogP contribution in [0.15, 0.2) is 56.2 Å². The van der Waals surface area contributed by atoms with Gasteiger partial charge in [0.05, 0.1) is 11.1 Å². The lowest BCUT2D eigenvalue weighted by Gasteiger charge is -2.07. The van der Waals surface area contributed by atoms with E-state index in [0.29, 0.717) is 12.0 Å². The number of benzene rings is 1. The minimum atomic E-state index is -1.20. The van der Waals surface area contributed by atoms with Crippen LogP contribution in [0.4, 0.5) is 0 Å². The molecule has 1 rings (SSSR count). The number of rotatable bonds is 7. The second-order valence-electron chi connectivity index (χ2n) is 4.83. The highest BCUT2D eigenvalue weighted by atomic mass is 16.4. The van der Waals surface area contributed by atoms with Crippen molar-refractivity contribution in [3.05, 3.63) is 72.9 Å². The van der Waals surface area contributed by atoms with Crippen molar-refractivity contribution in [1.82, 2.24) is 0 Å². The van der Waals surface area contributed by atoms with E-state index in [1.807, 2.05) is 6.92 Å². The van der Waals surface area contributed by atoms with E-state index in [-0.39, 0.29) is 11.1 Å². The fraction of sp³-hybridized carbons (Fsp3) is 0.150. The Hall–Kier alpha value is -4.21. The molecule has 0 fully saturated rings. The van der Waals surface area contributed by atoms with Gasteiger partial charge in [-0.2, -0.15) is 0 Å². The van der Waals surface area contributed by atoms with E-state index in [0.717, 1.165) is 24.6 Å². The summed E-state index contributed by atoms with van der Waals surface area (Å²) in [6, 6.07) is 4.53. The summed E-state index contributed by atoms with van der Waals surface area (Å²) >= 11 is 0. The van der Waals surface area contributed by atoms with Crippen molar-refractivity contribution in [1.29, 1.82) is 0 Å². The summed E-state index contributed by atoms with van der Waals surface area (Å²) < 4.78 is 0. The van der Waals surface area contributed by atoms with Crippen LogP contribution in [0.2, 0.25) is 0 Å². The fourth-order valence-electron chi connectivity index (χ4n) is 1.51. The molecule has 0 radical (unpaired) electrons. The Morgan fingerprint density at radius 3 is 1.37 bits per heavy atom. The maximum Gasteiger partial charge on any atom is 0.336 e. The summed E-state index contributed by atoms with van der Waals surface area (Å²) in [6.07, 6.45) is 3.85. The Labute approximate surface area is 172 Å². The highest BCUT2D eigenvalue weighted by Crippen LogP contribution is 2.16. The van der Waals surface area contributed by atoms with Crippen LogP contribution in [0.5, 0.6) is 0 Å². The molecule has 0 aliphatic heterocycles. The van der Waals surface area contributed by atoms with Gasteiger partial charge in [0.15, 0.2) is 0 Å². The SMILES string of the molecule is C=CC(=O)O.C=CC(=O)O.C=CC(=O)O.CCCc1cccc(C(=O)O)c1C(=O)O. The summed E-state index contributed by atoms with van der Waals surface area (Å²) in [4.78, 5) is 49.5. The summed E-state index contributed by atoms with van der Waals surface area (Å²) in [6.45, 7) is 10.8. The Morgan fingerprint density at radius 2 is 1.13 bits per heavy atom. The quantitative estimate of drug-likeness (QED) is 0.407. The molecule has 0 saturated carbocycles. The molecule has 5 N–H and O–H groups in total. The van der Waals surface area contributed by atoms with E-state index in [1.165, 1.54) is 6.07 Å². The van der Waals surface area contributed by atoms with Gasteiger partial charge in [0.1, 0.15) is 0 Å². The second-order valence-corrected chi connectivity index (χ2v) is 4.83. The largest absolute Gasteiger partial charge is 0.478 e. The molecule has 0 aliphatic carbocycles. The monoisotopic (exact) mass is 424 g/mol. The van der Waals surface area contributed by atoms with Gasteiger partial charge in [0.25, 0.3) is 0 Å². The first-order valence-electron chi connectivity index (χ1n) is 8.03. The third-order valence-electron chi connectivity index (χ3n) is 2.64. The zero-order chi connectivity index (χ0) is 24.3. The molecule has 0 atom stereocenters. The van der Waals surface area contributed by atoms with E-state index in [1.54, 1.807) is 12.1 Å². The van der Waals surface area contributed by atoms with Gasteiger partial charge in [0, 0.05) is 18.2 Å². The lowest BCUT2D eigenvalue weighted by Crippen LogP contribution is -2.11. The van der Waals surface area contributed by atoms with E-state index >= 15 is 0 Å². The smallest absolute Gasteiger partial charge is 0.336 e. The third kappa shape index (κ3) is 17.2. The Kier molecular flexibility index (Phi) is 18.5. The molecule has 164 valence electrons. The normalized spacial score (nSPS) is 8.17. The zero-order valence-electron chi connectivity index (χ0n) is 16.3. The fourth-order valence-corrected chi connectivity index (χ4v) is 1.51. The van der Waals surface area contributed by atoms with Crippen LogP contribution >= 0.6 is 0 Å². The average Bonchev–Trinajstić information content (AvgIpc) is 2.69. The van der Waals surface area contributed by atoms with Gasteiger partial charge in [-0.05, 0) is 18.1 Å². The number of carbonyl (C=O) groups is 5. The van der Waals surface area contributed by atoms with Crippen molar-refractivity contribution in [3.63, 3.8) is 0 Å². The highest BCUT2D eigenvalue weighted by molar-refractivity contribution is 6.02. The van der Waals surface area contributed by atoms with Crippen LogP contribution in [-0.4, -0.2) is 55.4 Å². The molecule has 10 nitrogen and oxygen atoms in total. The van der Waals surface area contributed by atoms with Crippen LogP contribution in [0.3, 0.4) is 0 Å². The molecule has 0 bridgehead atoms. The van der Waals surface area contributed by atoms with Crippen molar-refractivity contribution >= 4 is 29.8 Å². The predicted molar refractivity (Wildman–Crippen MR) is 108 cm³/mol. The standard InChI is InChI=1S/C11H12O4.3C3H4O2/c1-2-4-7-5-3-6-8(10(12)13)9(7)11(14)15;3*1-2-3(4)5/h3,5-6H,2,4H2,1H3,(H,12,13)(H,14,15);3*2H,1H2,(H,4,5). The Morgan fingerprint density at radius 1 is 0.767 bits per heavy atom. The highest BCUT2D eigenvalue weighted by Gasteiger charge is 2.18. The second kappa shape index (κ2) is 18.2. The van der Waals surface area contributed by atoms with E-state index in [4.69, 9.17) is 25.5 Å². The van der Waals surface area contributed by atoms with Gasteiger partial charge in [-0.15, -0.1) is 0 Å². The van der Waals surface area contributed by atoms with Crippen molar-refractivity contribution < 1.29 is 49.5 Å². The molecule has 0 unspecified atom stereocenters. The van der Waals surface area contributed by atoms with Gasteiger partial charge in [-0.3, -0.25) is 0 Å². The molecular weight excluding hydrogens is 400 g/mol. The first kappa shape index (κ1) is 30.5. The van der Waals surface area contributed by atoms with Gasteiger partial charge < -0.3 is 25.5 Å². The van der Waals surface area contributed by atoms with Crippen LogP contribution in [-0.2, 0) is 20.8 Å². The molecule has 1 aromatic rings. The van der Waals surface area contributed by atoms with Gasteiger partial charge >= 0.3 is 29.8 Å². The minimum Gasteiger partial charge on any atom is -0.478 e. The van der Waals surface area contributed by atoms with Gasteiger partial charge in [0.2, 0.25) is 0 Å². The van der Waals surface area contributed by atoms with Crippen molar-refractivity contribution in [2.45, 2.75) is 19.8 Å². The molecule has 10 heteroatoms. The summed E-state index contributed by atoms with van der Waals surface area (Å²) in [5.74, 6) is -5.33. The predicted octanol–water partition coefficient (Wildman–Crippen LogP) is 2.81. The number of hydrogen-bond donors (Lipinski definition) is 5. The third-order valence-corrected chi connectivity index (χ3v) is 2.64. The lowest BCUT2D eigenvalue weighted by molar-refractivity contribution is -0.132. The number of aliphatic carboxylic acids is 3. The first-order chi connectivity index (χ1) is 13.9. The molecule has 0 aliphatic rings. The lowest BCUT2D eigenvalue weighted by atomic mass is 9.98. The van der Waals surface area contributed by atoms with Crippen LogP contribution < -0.4 is 0 Å². The first-order valence-corrected chi connectivity index (χ1v) is 8.03. The number of hydrogen-bond acceptors (Lipinski definition) is 5. The number of aromatic carboxylic acids is 2. The maximum absolute atomic E-state index is 11.0. The number of carboxylic acid groups (broad SMARTS) is 5. The van der Waals surface area contributed by atoms with E-state index < -0.39 is 29.8 Å². The molecule has 0 heterocycles.